The van der Waals surface area contributed by atoms with Crippen LogP contribution >= 0.6 is 0 Å². The highest BCUT2D eigenvalue weighted by atomic mass is 19.4. The van der Waals surface area contributed by atoms with Crippen molar-refractivity contribution in [2.45, 2.75) is 17.7 Å². The average molecular weight is 390 g/mol. The van der Waals surface area contributed by atoms with E-state index in [1.54, 1.807) is 0 Å². The summed E-state index contributed by atoms with van der Waals surface area (Å²) in [6, 6.07) is 7.74. The number of rotatable bonds is 5. The van der Waals surface area contributed by atoms with Crippen LogP contribution in [0, 0.1) is 10.1 Å². The number of benzene rings is 2. The molecule has 5 nitrogen and oxygen atoms in total. The van der Waals surface area contributed by atoms with Crippen molar-refractivity contribution in [1.29, 1.82) is 0 Å². The summed E-state index contributed by atoms with van der Waals surface area (Å²) in [7, 11) is 2.83. The molecule has 1 atom stereocenters. The van der Waals surface area contributed by atoms with E-state index in [0.717, 1.165) is 18.2 Å². The molecule has 0 aliphatic rings. The highest BCUT2D eigenvalue weighted by Crippen LogP contribution is 2.53. The SMILES string of the molecule is CN(C)c1ccccc1C(O)(c1ccc([N+](=O)[O-])cc1)C(F)(F)C(F)(F)F. The predicted molar refractivity (Wildman–Crippen MR) is 87.9 cm³/mol. The molecule has 0 aromatic heterocycles. The van der Waals surface area contributed by atoms with E-state index in [-0.39, 0.29) is 5.69 Å². The van der Waals surface area contributed by atoms with E-state index in [9.17, 15) is 37.2 Å². The summed E-state index contributed by atoms with van der Waals surface area (Å²) >= 11 is 0. The molecule has 2 rings (SSSR count). The Morgan fingerprint density at radius 2 is 1.48 bits per heavy atom. The minimum atomic E-state index is -6.08. The van der Waals surface area contributed by atoms with Crippen molar-refractivity contribution in [2.75, 3.05) is 19.0 Å². The molecule has 0 saturated heterocycles. The van der Waals surface area contributed by atoms with E-state index in [2.05, 4.69) is 0 Å². The fourth-order valence-electron chi connectivity index (χ4n) is 2.70. The molecule has 0 saturated carbocycles. The quantitative estimate of drug-likeness (QED) is 0.474. The molecule has 1 unspecified atom stereocenters. The third kappa shape index (κ3) is 3.32. The van der Waals surface area contributed by atoms with Gasteiger partial charge in [-0.05, 0) is 23.8 Å². The van der Waals surface area contributed by atoms with Crippen LogP contribution < -0.4 is 4.90 Å². The molecule has 0 aliphatic carbocycles. The lowest BCUT2D eigenvalue weighted by Crippen LogP contribution is -2.56. The Morgan fingerprint density at radius 3 is 1.93 bits per heavy atom. The van der Waals surface area contributed by atoms with E-state index in [1.165, 1.54) is 37.2 Å². The number of nitro groups is 1. The lowest BCUT2D eigenvalue weighted by molar-refractivity contribution is -0.384. The molecular formula is C17H15F5N2O3. The van der Waals surface area contributed by atoms with Crippen LogP contribution in [0.4, 0.5) is 33.3 Å². The van der Waals surface area contributed by atoms with E-state index < -0.39 is 39.4 Å². The fraction of sp³-hybridized carbons (Fsp3) is 0.294. The Morgan fingerprint density at radius 1 is 0.963 bits per heavy atom. The van der Waals surface area contributed by atoms with Gasteiger partial charge in [-0.1, -0.05) is 18.2 Å². The largest absolute Gasteiger partial charge is 0.457 e. The highest BCUT2D eigenvalue weighted by molar-refractivity contribution is 5.59. The van der Waals surface area contributed by atoms with Gasteiger partial charge in [-0.15, -0.1) is 0 Å². The number of alkyl halides is 5. The monoisotopic (exact) mass is 390 g/mol. The number of halogens is 5. The molecule has 0 fully saturated rings. The van der Waals surface area contributed by atoms with E-state index in [4.69, 9.17) is 0 Å². The molecule has 146 valence electrons. The van der Waals surface area contributed by atoms with Crippen LogP contribution in [0.2, 0.25) is 0 Å². The zero-order chi connectivity index (χ0) is 20.6. The molecule has 2 aromatic carbocycles. The van der Waals surface area contributed by atoms with Gasteiger partial charge in [0.05, 0.1) is 4.92 Å². The van der Waals surface area contributed by atoms with Crippen molar-refractivity contribution in [3.05, 3.63) is 69.8 Å². The molecule has 27 heavy (non-hydrogen) atoms. The first-order valence-electron chi connectivity index (χ1n) is 7.52. The number of hydrogen-bond acceptors (Lipinski definition) is 4. The second-order valence-corrected chi connectivity index (χ2v) is 6.00. The third-order valence-electron chi connectivity index (χ3n) is 4.08. The van der Waals surface area contributed by atoms with Crippen molar-refractivity contribution >= 4 is 11.4 Å². The van der Waals surface area contributed by atoms with Crippen molar-refractivity contribution in [2.24, 2.45) is 0 Å². The van der Waals surface area contributed by atoms with Crippen LogP contribution in [0.1, 0.15) is 11.1 Å². The molecule has 10 heteroatoms. The van der Waals surface area contributed by atoms with Gasteiger partial charge in [0, 0.05) is 37.5 Å². The predicted octanol–water partition coefficient (Wildman–Crippen LogP) is 4.09. The summed E-state index contributed by atoms with van der Waals surface area (Å²) in [5.74, 6) is -5.58. The number of nitrogens with zero attached hydrogens (tertiary/aromatic N) is 2. The standard InChI is InChI=1S/C17H15F5N2O3/c1-23(2)14-6-4-3-5-13(14)15(25,16(18,19)17(20,21)22)11-7-9-12(10-8-11)24(26)27/h3-10,25H,1-2H3. The van der Waals surface area contributed by atoms with Crippen molar-refractivity contribution in [1.82, 2.24) is 0 Å². The molecule has 0 radical (unpaired) electrons. The van der Waals surface area contributed by atoms with Crippen LogP contribution in [0.15, 0.2) is 48.5 Å². The van der Waals surface area contributed by atoms with Crippen molar-refractivity contribution < 1.29 is 32.0 Å². The molecule has 0 heterocycles. The van der Waals surface area contributed by atoms with E-state index in [1.807, 2.05) is 0 Å². The van der Waals surface area contributed by atoms with E-state index >= 15 is 0 Å². The van der Waals surface area contributed by atoms with Gasteiger partial charge in [-0.2, -0.15) is 22.0 Å². The first kappa shape index (κ1) is 20.6. The van der Waals surface area contributed by atoms with Crippen LogP contribution in [0.25, 0.3) is 0 Å². The van der Waals surface area contributed by atoms with Crippen molar-refractivity contribution in [3.63, 3.8) is 0 Å². The van der Waals surface area contributed by atoms with Crippen LogP contribution in [0.5, 0.6) is 0 Å². The summed E-state index contributed by atoms with van der Waals surface area (Å²) < 4.78 is 68.7. The molecular weight excluding hydrogens is 375 g/mol. The Hall–Kier alpha value is -2.75. The fourth-order valence-corrected chi connectivity index (χ4v) is 2.70. The van der Waals surface area contributed by atoms with Gasteiger partial charge in [-0.3, -0.25) is 10.1 Å². The van der Waals surface area contributed by atoms with Crippen LogP contribution in [0.3, 0.4) is 0 Å². The molecule has 0 spiro atoms. The number of non-ortho nitro benzene ring substituents is 1. The minimum absolute atomic E-state index is 0.0673. The van der Waals surface area contributed by atoms with E-state index in [0.29, 0.717) is 12.1 Å². The zero-order valence-electron chi connectivity index (χ0n) is 14.2. The summed E-state index contributed by atoms with van der Waals surface area (Å²) in [6.45, 7) is 0. The number of aliphatic hydroxyl groups is 1. The Bertz CT molecular complexity index is 837. The smallest absolute Gasteiger partial charge is 0.377 e. The summed E-state index contributed by atoms with van der Waals surface area (Å²) in [5.41, 5.74) is -5.91. The van der Waals surface area contributed by atoms with Gasteiger partial charge in [0.25, 0.3) is 5.69 Å². The van der Waals surface area contributed by atoms with Crippen molar-refractivity contribution in [3.8, 4) is 0 Å². The summed E-state index contributed by atoms with van der Waals surface area (Å²) in [4.78, 5) is 11.2. The molecule has 0 bridgehead atoms. The maximum absolute atomic E-state index is 14.5. The maximum Gasteiger partial charge on any atom is 0.457 e. The van der Waals surface area contributed by atoms with Gasteiger partial charge in [0.1, 0.15) is 0 Å². The van der Waals surface area contributed by atoms with Crippen LogP contribution in [-0.4, -0.2) is 36.2 Å². The number of para-hydroxylation sites is 1. The molecule has 0 aliphatic heterocycles. The van der Waals surface area contributed by atoms with Gasteiger partial charge in [0.15, 0.2) is 5.60 Å². The third-order valence-corrected chi connectivity index (χ3v) is 4.08. The highest BCUT2D eigenvalue weighted by Gasteiger charge is 2.71. The Labute approximate surface area is 150 Å². The van der Waals surface area contributed by atoms with Gasteiger partial charge >= 0.3 is 12.1 Å². The first-order chi connectivity index (χ1) is 12.3. The minimum Gasteiger partial charge on any atom is -0.377 e. The maximum atomic E-state index is 14.5. The van der Waals surface area contributed by atoms with Gasteiger partial charge in [0.2, 0.25) is 0 Å². The topological polar surface area (TPSA) is 66.6 Å². The summed E-state index contributed by atoms with van der Waals surface area (Å²) in [6.07, 6.45) is -6.08. The number of hydrogen-bond donors (Lipinski definition) is 1. The Balaban J connectivity index is 2.84. The Kier molecular flexibility index (Phi) is 5.15. The van der Waals surface area contributed by atoms with Crippen LogP contribution in [-0.2, 0) is 5.60 Å². The summed E-state index contributed by atoms with van der Waals surface area (Å²) in [5, 5.41) is 21.5. The lowest BCUT2D eigenvalue weighted by Gasteiger charge is -2.39. The molecule has 0 amide bonds. The number of anilines is 1. The lowest BCUT2D eigenvalue weighted by atomic mass is 9.79. The van der Waals surface area contributed by atoms with Gasteiger partial charge in [-0.25, -0.2) is 0 Å². The second kappa shape index (κ2) is 6.76. The second-order valence-electron chi connectivity index (χ2n) is 6.00. The normalized spacial score (nSPS) is 14.5. The van der Waals surface area contributed by atoms with Gasteiger partial charge < -0.3 is 10.0 Å². The average Bonchev–Trinajstić information content (AvgIpc) is 2.60. The number of nitro benzene ring substituents is 1. The molecule has 2 aromatic rings. The molecule has 1 N–H and O–H groups in total. The first-order valence-corrected chi connectivity index (χ1v) is 7.52. The zero-order valence-corrected chi connectivity index (χ0v) is 14.2.